The van der Waals surface area contributed by atoms with E-state index in [-0.39, 0.29) is 24.4 Å². The molecule has 0 radical (unpaired) electrons. The largest absolute Gasteiger partial charge is 0.351 e. The normalized spacial score (nSPS) is 26.7. The summed E-state index contributed by atoms with van der Waals surface area (Å²) in [7, 11) is 0. The first-order valence-electron chi connectivity index (χ1n) is 8.42. The van der Waals surface area contributed by atoms with Crippen molar-refractivity contribution in [1.29, 1.82) is 0 Å². The molecule has 0 spiro atoms. The molecule has 0 aromatic heterocycles. The standard InChI is InChI=1S/C18H25N3O2/c1-13(22)19-9-18(23)20-17-8-7-15-11-21(12-16(15)17)10-14-5-3-2-4-6-14/h2-6,15-17H,7-12H2,1H3,(H,19,22)(H,20,23)/t15-,16+,17-/m1/s1. The van der Waals surface area contributed by atoms with Crippen LogP contribution in [0.3, 0.4) is 0 Å². The van der Waals surface area contributed by atoms with Crippen LogP contribution in [-0.4, -0.2) is 42.4 Å². The minimum absolute atomic E-state index is 0.0765. The number of nitrogens with one attached hydrogen (secondary N) is 2. The van der Waals surface area contributed by atoms with Crippen LogP contribution in [0.25, 0.3) is 0 Å². The predicted molar refractivity (Wildman–Crippen MR) is 88.5 cm³/mol. The van der Waals surface area contributed by atoms with E-state index in [0.717, 1.165) is 26.1 Å². The van der Waals surface area contributed by atoms with Crippen molar-refractivity contribution in [3.8, 4) is 0 Å². The van der Waals surface area contributed by atoms with Gasteiger partial charge < -0.3 is 10.6 Å². The highest BCUT2D eigenvalue weighted by atomic mass is 16.2. The third-order valence-corrected chi connectivity index (χ3v) is 5.03. The number of nitrogens with zero attached hydrogens (tertiary/aromatic N) is 1. The Hall–Kier alpha value is -1.88. The van der Waals surface area contributed by atoms with Crippen LogP contribution in [0.15, 0.2) is 30.3 Å². The van der Waals surface area contributed by atoms with Crippen LogP contribution >= 0.6 is 0 Å². The van der Waals surface area contributed by atoms with E-state index in [1.165, 1.54) is 18.9 Å². The Morgan fingerprint density at radius 1 is 1.17 bits per heavy atom. The van der Waals surface area contributed by atoms with Crippen LogP contribution in [0.1, 0.15) is 25.3 Å². The summed E-state index contributed by atoms with van der Waals surface area (Å²) in [5, 5.41) is 5.67. The number of rotatable bonds is 5. The summed E-state index contributed by atoms with van der Waals surface area (Å²) in [6.45, 7) is 4.66. The third kappa shape index (κ3) is 4.10. The average Bonchev–Trinajstić information content (AvgIpc) is 3.08. The molecule has 2 amide bonds. The lowest BCUT2D eigenvalue weighted by molar-refractivity contribution is -0.125. The van der Waals surface area contributed by atoms with Crippen molar-refractivity contribution in [2.75, 3.05) is 19.6 Å². The smallest absolute Gasteiger partial charge is 0.239 e. The molecule has 1 aliphatic heterocycles. The van der Waals surface area contributed by atoms with Gasteiger partial charge in [-0.05, 0) is 30.2 Å². The molecule has 5 nitrogen and oxygen atoms in total. The molecule has 0 bridgehead atoms. The predicted octanol–water partition coefficient (Wildman–Crippen LogP) is 1.15. The van der Waals surface area contributed by atoms with Crippen LogP contribution in [0, 0.1) is 11.8 Å². The molecular formula is C18H25N3O2. The lowest BCUT2D eigenvalue weighted by atomic mass is 9.98. The van der Waals surface area contributed by atoms with Gasteiger partial charge in [0.2, 0.25) is 11.8 Å². The molecule has 2 fully saturated rings. The number of fused-ring (bicyclic) bond motifs is 1. The molecule has 1 aliphatic carbocycles. The van der Waals surface area contributed by atoms with E-state index in [4.69, 9.17) is 0 Å². The molecule has 5 heteroatoms. The van der Waals surface area contributed by atoms with Gasteiger partial charge in [0.1, 0.15) is 0 Å². The molecule has 124 valence electrons. The van der Waals surface area contributed by atoms with Gasteiger partial charge in [0.25, 0.3) is 0 Å². The first-order chi connectivity index (χ1) is 11.1. The fourth-order valence-electron chi connectivity index (χ4n) is 3.97. The number of hydrogen-bond donors (Lipinski definition) is 2. The molecule has 1 saturated heterocycles. The molecule has 2 aliphatic rings. The summed E-state index contributed by atoms with van der Waals surface area (Å²) in [5.41, 5.74) is 1.35. The van der Waals surface area contributed by atoms with Crippen molar-refractivity contribution in [3.63, 3.8) is 0 Å². The first kappa shape index (κ1) is 16.0. The molecule has 1 aromatic carbocycles. The zero-order valence-electron chi connectivity index (χ0n) is 13.6. The van der Waals surface area contributed by atoms with E-state index in [1.54, 1.807) is 0 Å². The molecule has 1 aromatic rings. The van der Waals surface area contributed by atoms with E-state index >= 15 is 0 Å². The Bertz CT molecular complexity index is 561. The van der Waals surface area contributed by atoms with E-state index in [9.17, 15) is 9.59 Å². The van der Waals surface area contributed by atoms with Gasteiger partial charge in [-0.1, -0.05) is 30.3 Å². The van der Waals surface area contributed by atoms with Crippen LogP contribution in [0.4, 0.5) is 0 Å². The summed E-state index contributed by atoms with van der Waals surface area (Å²) in [6.07, 6.45) is 2.24. The number of carbonyl (C=O) groups excluding carboxylic acids is 2. The van der Waals surface area contributed by atoms with Gasteiger partial charge in [-0.25, -0.2) is 0 Å². The minimum Gasteiger partial charge on any atom is -0.351 e. The number of carbonyl (C=O) groups is 2. The van der Waals surface area contributed by atoms with Crippen LogP contribution in [0.5, 0.6) is 0 Å². The Kier molecular flexibility index (Phi) is 4.96. The van der Waals surface area contributed by atoms with Crippen molar-refractivity contribution in [1.82, 2.24) is 15.5 Å². The maximum atomic E-state index is 11.9. The number of amides is 2. The molecule has 1 heterocycles. The second kappa shape index (κ2) is 7.13. The molecule has 2 N–H and O–H groups in total. The fourth-order valence-corrected chi connectivity index (χ4v) is 3.97. The summed E-state index contributed by atoms with van der Waals surface area (Å²) in [5.74, 6) is 0.983. The quantitative estimate of drug-likeness (QED) is 0.857. The van der Waals surface area contributed by atoms with Crippen molar-refractivity contribution in [2.45, 2.75) is 32.4 Å². The Labute approximate surface area is 137 Å². The van der Waals surface area contributed by atoms with Gasteiger partial charge in [0.05, 0.1) is 6.54 Å². The Balaban J connectivity index is 1.50. The van der Waals surface area contributed by atoms with Crippen molar-refractivity contribution in [2.24, 2.45) is 11.8 Å². The second-order valence-electron chi connectivity index (χ2n) is 6.76. The molecule has 3 atom stereocenters. The summed E-state index contributed by atoms with van der Waals surface area (Å²) in [4.78, 5) is 25.3. The van der Waals surface area contributed by atoms with Gasteiger partial charge in [0, 0.05) is 32.6 Å². The zero-order chi connectivity index (χ0) is 16.2. The molecule has 3 rings (SSSR count). The van der Waals surface area contributed by atoms with E-state index in [1.807, 2.05) is 6.07 Å². The van der Waals surface area contributed by atoms with Crippen molar-refractivity contribution >= 4 is 11.8 Å². The summed E-state index contributed by atoms with van der Waals surface area (Å²) >= 11 is 0. The highest BCUT2D eigenvalue weighted by molar-refractivity contribution is 5.83. The monoisotopic (exact) mass is 315 g/mol. The van der Waals surface area contributed by atoms with Gasteiger partial charge in [0.15, 0.2) is 0 Å². The molecule has 1 saturated carbocycles. The van der Waals surface area contributed by atoms with Gasteiger partial charge >= 0.3 is 0 Å². The fraction of sp³-hybridized carbons (Fsp3) is 0.556. The molecular weight excluding hydrogens is 290 g/mol. The van der Waals surface area contributed by atoms with Gasteiger partial charge in [-0.2, -0.15) is 0 Å². The number of likely N-dealkylation sites (tertiary alicyclic amines) is 1. The average molecular weight is 315 g/mol. The summed E-state index contributed by atoms with van der Waals surface area (Å²) < 4.78 is 0. The van der Waals surface area contributed by atoms with Gasteiger partial charge in [-0.15, -0.1) is 0 Å². The van der Waals surface area contributed by atoms with Crippen LogP contribution in [0.2, 0.25) is 0 Å². The number of hydrogen-bond acceptors (Lipinski definition) is 3. The summed E-state index contributed by atoms with van der Waals surface area (Å²) in [6, 6.07) is 10.8. The van der Waals surface area contributed by atoms with E-state index < -0.39 is 0 Å². The van der Waals surface area contributed by atoms with Crippen LogP contribution in [-0.2, 0) is 16.1 Å². The van der Waals surface area contributed by atoms with E-state index in [2.05, 4.69) is 39.8 Å². The molecule has 0 unspecified atom stereocenters. The third-order valence-electron chi connectivity index (χ3n) is 5.03. The minimum atomic E-state index is -0.167. The van der Waals surface area contributed by atoms with Gasteiger partial charge in [-0.3, -0.25) is 14.5 Å². The van der Waals surface area contributed by atoms with E-state index in [0.29, 0.717) is 11.8 Å². The first-order valence-corrected chi connectivity index (χ1v) is 8.42. The highest BCUT2D eigenvalue weighted by Crippen LogP contribution is 2.38. The lowest BCUT2D eigenvalue weighted by Gasteiger charge is -2.22. The molecule has 23 heavy (non-hydrogen) atoms. The zero-order valence-corrected chi connectivity index (χ0v) is 13.6. The topological polar surface area (TPSA) is 61.4 Å². The maximum Gasteiger partial charge on any atom is 0.239 e. The number of benzene rings is 1. The van der Waals surface area contributed by atoms with Crippen LogP contribution < -0.4 is 10.6 Å². The SMILES string of the molecule is CC(=O)NCC(=O)N[C@@H]1CC[C@@H]2CN(Cc3ccccc3)C[C@@H]21. The Morgan fingerprint density at radius 2 is 1.96 bits per heavy atom. The Morgan fingerprint density at radius 3 is 2.70 bits per heavy atom. The maximum absolute atomic E-state index is 11.9. The highest BCUT2D eigenvalue weighted by Gasteiger charge is 2.42. The van der Waals surface area contributed by atoms with Crippen molar-refractivity contribution < 1.29 is 9.59 Å². The lowest BCUT2D eigenvalue weighted by Crippen LogP contribution is -2.44. The van der Waals surface area contributed by atoms with Crippen molar-refractivity contribution in [3.05, 3.63) is 35.9 Å². The second-order valence-corrected chi connectivity index (χ2v) is 6.76.